The number of pyridine rings is 1. The van der Waals surface area contributed by atoms with Gasteiger partial charge < -0.3 is 19.5 Å². The van der Waals surface area contributed by atoms with E-state index in [1.807, 2.05) is 42.6 Å². The first-order valence-electron chi connectivity index (χ1n) is 10.5. The maximum atomic E-state index is 14.1. The van der Waals surface area contributed by atoms with E-state index in [2.05, 4.69) is 27.0 Å². The van der Waals surface area contributed by atoms with Gasteiger partial charge in [-0.05, 0) is 56.3 Å². The summed E-state index contributed by atoms with van der Waals surface area (Å²) in [6, 6.07) is 8.39. The predicted molar refractivity (Wildman–Crippen MR) is 117 cm³/mol. The van der Waals surface area contributed by atoms with E-state index in [1.165, 1.54) is 12.1 Å². The molecule has 1 aliphatic heterocycles. The van der Waals surface area contributed by atoms with Crippen molar-refractivity contribution in [2.75, 3.05) is 37.6 Å². The monoisotopic (exact) mass is 409 g/mol. The third kappa shape index (κ3) is 4.16. The van der Waals surface area contributed by atoms with Gasteiger partial charge in [-0.3, -0.25) is 4.79 Å². The Morgan fingerprint density at radius 3 is 2.70 bits per heavy atom. The lowest BCUT2D eigenvalue weighted by Crippen LogP contribution is -2.46. The molecule has 3 heterocycles. The molecule has 1 atom stereocenters. The summed E-state index contributed by atoms with van der Waals surface area (Å²) in [5.41, 5.74) is 3.93. The average molecular weight is 410 g/mol. The molecule has 0 saturated carbocycles. The molecule has 2 aromatic heterocycles. The number of aromatic nitrogens is 2. The average Bonchev–Trinajstić information content (AvgIpc) is 3.17. The quantitative estimate of drug-likeness (QED) is 0.702. The van der Waals surface area contributed by atoms with Crippen LogP contribution < -0.4 is 10.2 Å². The number of amides is 1. The highest BCUT2D eigenvalue weighted by Gasteiger charge is 2.22. The molecule has 30 heavy (non-hydrogen) atoms. The number of halogens is 1. The molecule has 0 bridgehead atoms. The van der Waals surface area contributed by atoms with E-state index in [1.54, 1.807) is 6.20 Å². The number of rotatable bonds is 5. The van der Waals surface area contributed by atoms with Gasteiger partial charge >= 0.3 is 0 Å². The summed E-state index contributed by atoms with van der Waals surface area (Å²) in [7, 11) is 0. The van der Waals surface area contributed by atoms with E-state index >= 15 is 0 Å². The van der Waals surface area contributed by atoms with Crippen molar-refractivity contribution in [3.63, 3.8) is 0 Å². The number of imidazole rings is 1. The van der Waals surface area contributed by atoms with Gasteiger partial charge in [0.25, 0.3) is 5.91 Å². The van der Waals surface area contributed by atoms with Gasteiger partial charge in [-0.1, -0.05) is 6.92 Å². The van der Waals surface area contributed by atoms with Crippen LogP contribution in [0.3, 0.4) is 0 Å². The number of anilines is 1. The molecule has 4 rings (SSSR count). The standard InChI is InChI=1S/C23H28FN5O/c1-4-27-9-11-28(12-10-27)21-6-5-18(24)14-19(21)17(3)25-23(30)20-15-29-8-7-16(2)13-22(29)26-20/h5-8,13-15,17H,4,9-12H2,1-3H3,(H,25,30). The minimum atomic E-state index is -0.348. The molecule has 0 aliphatic carbocycles. The SMILES string of the molecule is CCN1CCN(c2ccc(F)cc2C(C)NC(=O)c2cn3ccc(C)cc3n2)CC1. The number of aryl methyl sites for hydroxylation is 1. The molecular weight excluding hydrogens is 381 g/mol. The second-order valence-corrected chi connectivity index (χ2v) is 7.92. The number of piperazine rings is 1. The van der Waals surface area contributed by atoms with Crippen molar-refractivity contribution in [2.45, 2.75) is 26.8 Å². The van der Waals surface area contributed by atoms with E-state index in [-0.39, 0.29) is 17.8 Å². The third-order valence-electron chi connectivity index (χ3n) is 5.81. The smallest absolute Gasteiger partial charge is 0.271 e. The summed E-state index contributed by atoms with van der Waals surface area (Å²) >= 11 is 0. The number of nitrogens with zero attached hydrogens (tertiary/aromatic N) is 4. The zero-order chi connectivity index (χ0) is 21.3. The number of benzene rings is 1. The van der Waals surface area contributed by atoms with Crippen LogP contribution in [0.2, 0.25) is 0 Å². The van der Waals surface area contributed by atoms with Crippen LogP contribution in [0.4, 0.5) is 10.1 Å². The molecule has 1 aromatic carbocycles. The van der Waals surface area contributed by atoms with Crippen LogP contribution in [-0.4, -0.2) is 52.9 Å². The second kappa shape index (κ2) is 8.44. The van der Waals surface area contributed by atoms with Crippen molar-refractivity contribution in [3.05, 3.63) is 65.4 Å². The number of carbonyl (C=O) groups is 1. The molecule has 6 nitrogen and oxygen atoms in total. The van der Waals surface area contributed by atoms with Gasteiger partial charge in [0.1, 0.15) is 17.2 Å². The first-order chi connectivity index (χ1) is 14.4. The van der Waals surface area contributed by atoms with E-state index in [9.17, 15) is 9.18 Å². The number of likely N-dealkylation sites (N-methyl/N-ethyl adjacent to an activating group) is 1. The number of hydrogen-bond acceptors (Lipinski definition) is 4. The topological polar surface area (TPSA) is 52.9 Å². The van der Waals surface area contributed by atoms with Crippen LogP contribution >= 0.6 is 0 Å². The summed E-state index contributed by atoms with van der Waals surface area (Å²) in [6.45, 7) is 10.8. The Kier molecular flexibility index (Phi) is 5.72. The Balaban J connectivity index is 1.54. The van der Waals surface area contributed by atoms with Crippen molar-refractivity contribution in [2.24, 2.45) is 0 Å². The fourth-order valence-electron chi connectivity index (χ4n) is 4.01. The van der Waals surface area contributed by atoms with Gasteiger partial charge in [-0.2, -0.15) is 0 Å². The highest BCUT2D eigenvalue weighted by atomic mass is 19.1. The molecule has 1 N–H and O–H groups in total. The Bertz CT molecular complexity index is 1050. The van der Waals surface area contributed by atoms with E-state index in [0.717, 1.165) is 55.2 Å². The fraction of sp³-hybridized carbons (Fsp3) is 0.391. The Hall–Kier alpha value is -2.93. The normalized spacial score (nSPS) is 16.1. The van der Waals surface area contributed by atoms with Crippen LogP contribution in [-0.2, 0) is 0 Å². The molecular formula is C23H28FN5O. The minimum Gasteiger partial charge on any atom is -0.369 e. The molecule has 1 amide bonds. The molecule has 0 spiro atoms. The van der Waals surface area contributed by atoms with Crippen LogP contribution in [0.25, 0.3) is 5.65 Å². The molecule has 3 aromatic rings. The molecule has 1 aliphatic rings. The first-order valence-corrected chi connectivity index (χ1v) is 10.5. The number of carbonyl (C=O) groups excluding carboxylic acids is 1. The zero-order valence-corrected chi connectivity index (χ0v) is 17.7. The van der Waals surface area contributed by atoms with Crippen molar-refractivity contribution in [1.29, 1.82) is 0 Å². The summed E-state index contributed by atoms with van der Waals surface area (Å²) < 4.78 is 15.9. The van der Waals surface area contributed by atoms with E-state index in [4.69, 9.17) is 0 Å². The summed E-state index contributed by atoms with van der Waals surface area (Å²) in [5.74, 6) is -0.569. The molecule has 1 saturated heterocycles. The van der Waals surface area contributed by atoms with Crippen LogP contribution in [0.5, 0.6) is 0 Å². The van der Waals surface area contributed by atoms with Gasteiger partial charge in [0.2, 0.25) is 0 Å². The van der Waals surface area contributed by atoms with Gasteiger partial charge in [-0.15, -0.1) is 0 Å². The van der Waals surface area contributed by atoms with Crippen molar-refractivity contribution in [3.8, 4) is 0 Å². The van der Waals surface area contributed by atoms with Crippen LogP contribution in [0, 0.1) is 12.7 Å². The zero-order valence-electron chi connectivity index (χ0n) is 17.7. The first kappa shape index (κ1) is 20.3. The number of nitrogens with one attached hydrogen (secondary N) is 1. The van der Waals surface area contributed by atoms with E-state index in [0.29, 0.717) is 5.69 Å². The third-order valence-corrected chi connectivity index (χ3v) is 5.81. The van der Waals surface area contributed by atoms with Crippen LogP contribution in [0.1, 0.15) is 41.5 Å². The van der Waals surface area contributed by atoms with Crippen molar-refractivity contribution in [1.82, 2.24) is 19.6 Å². The lowest BCUT2D eigenvalue weighted by molar-refractivity contribution is 0.0935. The highest BCUT2D eigenvalue weighted by Crippen LogP contribution is 2.28. The highest BCUT2D eigenvalue weighted by molar-refractivity contribution is 5.93. The van der Waals surface area contributed by atoms with Crippen molar-refractivity contribution >= 4 is 17.2 Å². The Labute approximate surface area is 176 Å². The van der Waals surface area contributed by atoms with Gasteiger partial charge in [0, 0.05) is 49.8 Å². The summed E-state index contributed by atoms with van der Waals surface area (Å²) in [4.78, 5) is 21.9. The molecule has 158 valence electrons. The molecule has 7 heteroatoms. The maximum absolute atomic E-state index is 14.1. The molecule has 1 unspecified atom stereocenters. The molecule has 1 fully saturated rings. The largest absolute Gasteiger partial charge is 0.369 e. The van der Waals surface area contributed by atoms with Gasteiger partial charge in [-0.25, -0.2) is 9.37 Å². The second-order valence-electron chi connectivity index (χ2n) is 7.92. The van der Waals surface area contributed by atoms with Gasteiger partial charge in [0.05, 0.1) is 6.04 Å². The lowest BCUT2D eigenvalue weighted by atomic mass is 10.0. The summed E-state index contributed by atoms with van der Waals surface area (Å²) in [5, 5.41) is 3.00. The Morgan fingerprint density at radius 2 is 1.97 bits per heavy atom. The predicted octanol–water partition coefficient (Wildman–Crippen LogP) is 3.41. The fourth-order valence-corrected chi connectivity index (χ4v) is 4.01. The molecule has 0 radical (unpaired) electrons. The summed E-state index contributed by atoms with van der Waals surface area (Å²) in [6.07, 6.45) is 3.60. The maximum Gasteiger partial charge on any atom is 0.271 e. The number of fused-ring (bicyclic) bond motifs is 1. The van der Waals surface area contributed by atoms with E-state index < -0.39 is 0 Å². The minimum absolute atomic E-state index is 0.269. The lowest BCUT2D eigenvalue weighted by Gasteiger charge is -2.37. The van der Waals surface area contributed by atoms with Gasteiger partial charge in [0.15, 0.2) is 0 Å². The number of hydrogen-bond donors (Lipinski definition) is 1. The van der Waals surface area contributed by atoms with Crippen molar-refractivity contribution < 1.29 is 9.18 Å². The van der Waals surface area contributed by atoms with Crippen LogP contribution in [0.15, 0.2) is 42.7 Å². The Morgan fingerprint density at radius 1 is 1.20 bits per heavy atom.